The Balaban J connectivity index is 2.04. The fraction of sp³-hybridized carbons (Fsp3) is 0.571. The van der Waals surface area contributed by atoms with Crippen LogP contribution in [0.2, 0.25) is 0 Å². The minimum atomic E-state index is 0.131. The summed E-state index contributed by atoms with van der Waals surface area (Å²) >= 11 is 0. The maximum atomic E-state index is 11.6. The molecule has 2 nitrogen and oxygen atoms in total. The number of pyridine rings is 1. The molecule has 0 aromatic carbocycles. The Bertz CT molecular complexity index is 382. The first kappa shape index (κ1) is 11.3. The Hall–Kier alpha value is -1.18. The number of nitrogens with zero attached hydrogens (tertiary/aromatic N) is 1. The molecular formula is C14H19NO. The third-order valence-corrected chi connectivity index (χ3v) is 3.08. The van der Waals surface area contributed by atoms with E-state index in [4.69, 9.17) is 0 Å². The van der Waals surface area contributed by atoms with Gasteiger partial charge in [-0.2, -0.15) is 0 Å². The van der Waals surface area contributed by atoms with Crippen molar-refractivity contribution < 1.29 is 4.79 Å². The molecule has 0 atom stereocenters. The summed E-state index contributed by atoms with van der Waals surface area (Å²) in [5.41, 5.74) is 2.26. The van der Waals surface area contributed by atoms with E-state index in [9.17, 15) is 4.79 Å². The number of hydrogen-bond donors (Lipinski definition) is 0. The van der Waals surface area contributed by atoms with Gasteiger partial charge in [-0.05, 0) is 29.9 Å². The highest BCUT2D eigenvalue weighted by Crippen LogP contribution is 2.30. The highest BCUT2D eigenvalue weighted by atomic mass is 16.1. The van der Waals surface area contributed by atoms with E-state index in [2.05, 4.69) is 31.8 Å². The normalized spacial score (nSPS) is 16.2. The first-order valence-electron chi connectivity index (χ1n) is 5.95. The first-order chi connectivity index (χ1) is 7.47. The minimum Gasteiger partial charge on any atom is -0.299 e. The number of rotatable bonds is 3. The Morgan fingerprint density at radius 2 is 2.06 bits per heavy atom. The summed E-state index contributed by atoms with van der Waals surface area (Å²) in [6.45, 7) is 6.50. The van der Waals surface area contributed by atoms with Gasteiger partial charge >= 0.3 is 0 Å². The molecule has 0 aliphatic heterocycles. The standard InChI is InChI=1S/C14H19NO/c1-14(2,3)11-6-7-12(15-9-11)8-13(16)10-4-5-10/h6-7,9-10H,4-5,8H2,1-3H3. The van der Waals surface area contributed by atoms with Crippen molar-refractivity contribution in [2.45, 2.75) is 45.4 Å². The molecule has 0 spiro atoms. The van der Waals surface area contributed by atoms with E-state index >= 15 is 0 Å². The quantitative estimate of drug-likeness (QED) is 0.779. The van der Waals surface area contributed by atoms with Gasteiger partial charge in [0, 0.05) is 24.2 Å². The van der Waals surface area contributed by atoms with Crippen molar-refractivity contribution in [3.8, 4) is 0 Å². The van der Waals surface area contributed by atoms with Crippen molar-refractivity contribution in [2.75, 3.05) is 0 Å². The summed E-state index contributed by atoms with van der Waals surface area (Å²) in [5.74, 6) is 0.695. The molecule has 2 rings (SSSR count). The van der Waals surface area contributed by atoms with Crippen molar-refractivity contribution in [1.29, 1.82) is 0 Å². The topological polar surface area (TPSA) is 30.0 Å². The van der Waals surface area contributed by atoms with E-state index in [0.29, 0.717) is 18.1 Å². The van der Waals surface area contributed by atoms with Crippen LogP contribution < -0.4 is 0 Å². The zero-order chi connectivity index (χ0) is 11.8. The smallest absolute Gasteiger partial charge is 0.141 e. The van der Waals surface area contributed by atoms with Crippen LogP contribution in [0.4, 0.5) is 0 Å². The molecule has 0 unspecified atom stereocenters. The molecule has 0 N–H and O–H groups in total. The fourth-order valence-corrected chi connectivity index (χ4v) is 1.70. The van der Waals surface area contributed by atoms with Gasteiger partial charge in [0.15, 0.2) is 0 Å². The van der Waals surface area contributed by atoms with Gasteiger partial charge in [-0.3, -0.25) is 9.78 Å². The molecule has 1 aromatic rings. The van der Waals surface area contributed by atoms with E-state index in [1.165, 1.54) is 5.56 Å². The van der Waals surface area contributed by atoms with Gasteiger partial charge in [-0.25, -0.2) is 0 Å². The Morgan fingerprint density at radius 1 is 1.38 bits per heavy atom. The second-order valence-corrected chi connectivity index (χ2v) is 5.71. The monoisotopic (exact) mass is 217 g/mol. The van der Waals surface area contributed by atoms with E-state index in [-0.39, 0.29) is 5.41 Å². The van der Waals surface area contributed by atoms with Crippen LogP contribution >= 0.6 is 0 Å². The number of hydrogen-bond acceptors (Lipinski definition) is 2. The lowest BCUT2D eigenvalue weighted by Crippen LogP contribution is -2.12. The van der Waals surface area contributed by atoms with Crippen LogP contribution in [-0.2, 0) is 16.6 Å². The molecule has 0 bridgehead atoms. The summed E-state index contributed by atoms with van der Waals surface area (Å²) < 4.78 is 0. The third-order valence-electron chi connectivity index (χ3n) is 3.08. The second-order valence-electron chi connectivity index (χ2n) is 5.71. The van der Waals surface area contributed by atoms with Crippen LogP contribution in [0.1, 0.15) is 44.9 Å². The van der Waals surface area contributed by atoms with E-state index in [1.54, 1.807) is 0 Å². The molecule has 2 heteroatoms. The molecule has 1 heterocycles. The van der Waals surface area contributed by atoms with Crippen molar-refractivity contribution in [3.05, 3.63) is 29.6 Å². The lowest BCUT2D eigenvalue weighted by atomic mass is 9.88. The maximum absolute atomic E-state index is 11.6. The van der Waals surface area contributed by atoms with E-state index in [0.717, 1.165) is 18.5 Å². The van der Waals surface area contributed by atoms with Crippen molar-refractivity contribution in [3.63, 3.8) is 0 Å². The highest BCUT2D eigenvalue weighted by molar-refractivity contribution is 5.84. The lowest BCUT2D eigenvalue weighted by Gasteiger charge is -2.18. The predicted molar refractivity (Wildman–Crippen MR) is 64.4 cm³/mol. The largest absolute Gasteiger partial charge is 0.299 e. The zero-order valence-corrected chi connectivity index (χ0v) is 10.3. The third kappa shape index (κ3) is 2.69. The Morgan fingerprint density at radius 3 is 2.50 bits per heavy atom. The van der Waals surface area contributed by atoms with Crippen LogP contribution in [0.25, 0.3) is 0 Å². The van der Waals surface area contributed by atoms with Crippen LogP contribution in [-0.4, -0.2) is 10.8 Å². The van der Waals surface area contributed by atoms with Gasteiger partial charge in [0.05, 0.1) is 0 Å². The van der Waals surface area contributed by atoms with Gasteiger partial charge in [-0.15, -0.1) is 0 Å². The van der Waals surface area contributed by atoms with Crippen LogP contribution in [0.15, 0.2) is 18.3 Å². The molecule has 0 radical (unpaired) electrons. The van der Waals surface area contributed by atoms with Gasteiger partial charge in [0.2, 0.25) is 0 Å². The molecule has 0 saturated heterocycles. The average molecular weight is 217 g/mol. The summed E-state index contributed by atoms with van der Waals surface area (Å²) in [7, 11) is 0. The molecule has 1 fully saturated rings. The predicted octanol–water partition coefficient (Wildman–Crippen LogP) is 2.90. The van der Waals surface area contributed by atoms with E-state index < -0.39 is 0 Å². The molecule has 1 saturated carbocycles. The van der Waals surface area contributed by atoms with Crippen LogP contribution in [0.3, 0.4) is 0 Å². The number of ketones is 1. The van der Waals surface area contributed by atoms with Gasteiger partial charge in [-0.1, -0.05) is 26.8 Å². The molecule has 16 heavy (non-hydrogen) atoms. The van der Waals surface area contributed by atoms with Crippen molar-refractivity contribution in [2.24, 2.45) is 5.92 Å². The van der Waals surface area contributed by atoms with Gasteiger partial charge in [0.25, 0.3) is 0 Å². The molecule has 1 aromatic heterocycles. The zero-order valence-electron chi connectivity index (χ0n) is 10.3. The van der Waals surface area contributed by atoms with Crippen LogP contribution in [0, 0.1) is 5.92 Å². The average Bonchev–Trinajstić information content (AvgIpc) is 3.00. The molecule has 0 amide bonds. The minimum absolute atomic E-state index is 0.131. The summed E-state index contributed by atoms with van der Waals surface area (Å²) in [4.78, 5) is 16.0. The Labute approximate surface area is 97.1 Å². The fourth-order valence-electron chi connectivity index (χ4n) is 1.70. The molecular weight excluding hydrogens is 198 g/mol. The number of aromatic nitrogens is 1. The molecule has 1 aliphatic carbocycles. The second kappa shape index (κ2) is 4.00. The maximum Gasteiger partial charge on any atom is 0.141 e. The van der Waals surface area contributed by atoms with Gasteiger partial charge < -0.3 is 0 Å². The van der Waals surface area contributed by atoms with E-state index in [1.807, 2.05) is 12.3 Å². The van der Waals surface area contributed by atoms with Crippen LogP contribution in [0.5, 0.6) is 0 Å². The van der Waals surface area contributed by atoms with Crippen molar-refractivity contribution >= 4 is 5.78 Å². The van der Waals surface area contributed by atoms with Crippen molar-refractivity contribution in [1.82, 2.24) is 4.98 Å². The lowest BCUT2D eigenvalue weighted by molar-refractivity contribution is -0.119. The SMILES string of the molecule is CC(C)(C)c1ccc(CC(=O)C2CC2)nc1. The molecule has 1 aliphatic rings. The first-order valence-corrected chi connectivity index (χ1v) is 5.95. The Kier molecular flexibility index (Phi) is 2.83. The summed E-state index contributed by atoms with van der Waals surface area (Å²) in [6.07, 6.45) is 4.57. The van der Waals surface area contributed by atoms with Gasteiger partial charge in [0.1, 0.15) is 5.78 Å². The summed E-state index contributed by atoms with van der Waals surface area (Å²) in [5, 5.41) is 0. The number of Topliss-reactive ketones (excluding diaryl/α,β-unsaturated/α-hetero) is 1. The molecule has 86 valence electrons. The number of carbonyl (C=O) groups is 1. The highest BCUT2D eigenvalue weighted by Gasteiger charge is 2.29. The number of carbonyl (C=O) groups excluding carboxylic acids is 1. The summed E-state index contributed by atoms with van der Waals surface area (Å²) in [6, 6.07) is 4.07.